The number of aryl methyl sites for hydroxylation is 2. The highest BCUT2D eigenvalue weighted by molar-refractivity contribution is 5.43. The molecule has 0 saturated carbocycles. The molecule has 0 aliphatic carbocycles. The van der Waals surface area contributed by atoms with Crippen molar-refractivity contribution in [3.8, 4) is 11.8 Å². The Hall–Kier alpha value is -1.53. The minimum atomic E-state index is 0.545. The summed E-state index contributed by atoms with van der Waals surface area (Å²) in [6, 6.07) is 6.36. The van der Waals surface area contributed by atoms with Crippen molar-refractivity contribution in [1.82, 2.24) is 0 Å². The molecule has 0 unspecified atom stereocenters. The van der Waals surface area contributed by atoms with Crippen LogP contribution in [0.1, 0.15) is 29.5 Å². The Morgan fingerprint density at radius 3 is 2.47 bits per heavy atom. The molecule has 1 rings (SSSR count). The Morgan fingerprint density at radius 2 is 1.94 bits per heavy atom. The lowest BCUT2D eigenvalue weighted by Gasteiger charge is -2.13. The lowest BCUT2D eigenvalue weighted by atomic mass is 10.0. The van der Waals surface area contributed by atoms with Crippen molar-refractivity contribution in [3.05, 3.63) is 28.8 Å². The lowest BCUT2D eigenvalue weighted by Crippen LogP contribution is -2.05. The van der Waals surface area contributed by atoms with Crippen LogP contribution < -0.4 is 10.5 Å². The third kappa shape index (κ3) is 4.08. The number of rotatable bonds is 6. The van der Waals surface area contributed by atoms with E-state index in [-0.39, 0.29) is 0 Å². The zero-order valence-corrected chi connectivity index (χ0v) is 10.6. The molecule has 0 radical (unpaired) electrons. The second-order valence-electron chi connectivity index (χ2n) is 4.21. The molecule has 0 saturated heterocycles. The van der Waals surface area contributed by atoms with E-state index in [1.165, 1.54) is 5.56 Å². The third-order valence-corrected chi connectivity index (χ3v) is 2.63. The summed E-state index contributed by atoms with van der Waals surface area (Å²) in [4.78, 5) is 0. The van der Waals surface area contributed by atoms with Crippen LogP contribution in [0.5, 0.6) is 5.75 Å². The van der Waals surface area contributed by atoms with E-state index in [1.807, 2.05) is 13.8 Å². The van der Waals surface area contributed by atoms with Crippen LogP contribution in [-0.2, 0) is 6.42 Å². The van der Waals surface area contributed by atoms with Gasteiger partial charge < -0.3 is 10.5 Å². The van der Waals surface area contributed by atoms with Gasteiger partial charge in [-0.3, -0.25) is 0 Å². The van der Waals surface area contributed by atoms with Gasteiger partial charge in [-0.25, -0.2) is 0 Å². The van der Waals surface area contributed by atoms with Crippen molar-refractivity contribution >= 4 is 0 Å². The first-order valence-electron chi connectivity index (χ1n) is 5.99. The van der Waals surface area contributed by atoms with Crippen LogP contribution in [0.3, 0.4) is 0 Å². The Bertz CT molecular complexity index is 384. The molecule has 1 aromatic carbocycles. The predicted molar refractivity (Wildman–Crippen MR) is 69.0 cm³/mol. The fourth-order valence-corrected chi connectivity index (χ4v) is 1.90. The number of hydrogen-bond donors (Lipinski definition) is 1. The van der Waals surface area contributed by atoms with Gasteiger partial charge in [-0.1, -0.05) is 12.1 Å². The average molecular weight is 232 g/mol. The van der Waals surface area contributed by atoms with Crippen molar-refractivity contribution in [2.75, 3.05) is 13.2 Å². The fraction of sp³-hybridized carbons (Fsp3) is 0.500. The molecule has 2 N–H and O–H groups in total. The van der Waals surface area contributed by atoms with E-state index in [0.717, 1.165) is 29.7 Å². The van der Waals surface area contributed by atoms with Crippen molar-refractivity contribution in [1.29, 1.82) is 5.26 Å². The molecule has 0 aromatic heterocycles. The molecule has 0 spiro atoms. The highest BCUT2D eigenvalue weighted by atomic mass is 16.5. The summed E-state index contributed by atoms with van der Waals surface area (Å²) in [5.41, 5.74) is 9.09. The first-order valence-corrected chi connectivity index (χ1v) is 5.99. The van der Waals surface area contributed by atoms with E-state index in [9.17, 15) is 0 Å². The fourth-order valence-electron chi connectivity index (χ4n) is 1.90. The summed E-state index contributed by atoms with van der Waals surface area (Å²) in [6.07, 6.45) is 2.22. The Balaban J connectivity index is 2.69. The van der Waals surface area contributed by atoms with E-state index >= 15 is 0 Å². The molecule has 0 amide bonds. The lowest BCUT2D eigenvalue weighted by molar-refractivity contribution is 0.308. The minimum Gasteiger partial charge on any atom is -0.493 e. The molecular formula is C14H20N2O. The van der Waals surface area contributed by atoms with Gasteiger partial charge >= 0.3 is 0 Å². The maximum absolute atomic E-state index is 8.45. The van der Waals surface area contributed by atoms with Crippen LogP contribution in [0, 0.1) is 25.2 Å². The number of hydrogen-bond acceptors (Lipinski definition) is 3. The summed E-state index contributed by atoms with van der Waals surface area (Å²) in [5.74, 6) is 0.948. The average Bonchev–Trinajstić information content (AvgIpc) is 2.27. The molecule has 17 heavy (non-hydrogen) atoms. The zero-order chi connectivity index (χ0) is 12.7. The van der Waals surface area contributed by atoms with Crippen LogP contribution in [0.2, 0.25) is 0 Å². The van der Waals surface area contributed by atoms with Crippen LogP contribution in [-0.4, -0.2) is 13.2 Å². The topological polar surface area (TPSA) is 59.0 Å². The van der Waals surface area contributed by atoms with Crippen molar-refractivity contribution in [2.45, 2.75) is 33.1 Å². The van der Waals surface area contributed by atoms with E-state index in [0.29, 0.717) is 19.6 Å². The monoisotopic (exact) mass is 232 g/mol. The Labute approximate surface area is 103 Å². The number of nitrogens with zero attached hydrogens (tertiary/aromatic N) is 1. The summed E-state index contributed by atoms with van der Waals surface area (Å²) in [5, 5.41) is 8.45. The van der Waals surface area contributed by atoms with E-state index in [2.05, 4.69) is 18.2 Å². The summed E-state index contributed by atoms with van der Waals surface area (Å²) in [7, 11) is 0. The third-order valence-electron chi connectivity index (χ3n) is 2.63. The van der Waals surface area contributed by atoms with E-state index in [1.54, 1.807) is 0 Å². The number of unbranched alkanes of at least 4 members (excludes halogenated alkanes) is 1. The molecule has 0 aliphatic rings. The minimum absolute atomic E-state index is 0.545. The molecule has 3 nitrogen and oxygen atoms in total. The quantitative estimate of drug-likeness (QED) is 0.766. The Kier molecular flexibility index (Phi) is 5.51. The first kappa shape index (κ1) is 13.5. The molecule has 92 valence electrons. The zero-order valence-electron chi connectivity index (χ0n) is 10.6. The first-order chi connectivity index (χ1) is 8.19. The number of benzene rings is 1. The van der Waals surface area contributed by atoms with Gasteiger partial charge in [-0.2, -0.15) is 5.26 Å². The molecule has 0 fully saturated rings. The van der Waals surface area contributed by atoms with Gasteiger partial charge in [-0.15, -0.1) is 0 Å². The number of nitriles is 1. The molecule has 0 atom stereocenters. The highest BCUT2D eigenvalue weighted by Crippen LogP contribution is 2.25. The molecule has 1 aromatic rings. The smallest absolute Gasteiger partial charge is 0.125 e. The van der Waals surface area contributed by atoms with Gasteiger partial charge in [0.05, 0.1) is 12.7 Å². The van der Waals surface area contributed by atoms with Gasteiger partial charge in [-0.05, 0) is 49.9 Å². The molecule has 3 heteroatoms. The largest absolute Gasteiger partial charge is 0.493 e. The predicted octanol–water partition coefficient (Wildman–Crippen LogP) is 2.49. The van der Waals surface area contributed by atoms with Crippen LogP contribution in [0.4, 0.5) is 0 Å². The van der Waals surface area contributed by atoms with E-state index < -0.39 is 0 Å². The summed E-state index contributed by atoms with van der Waals surface area (Å²) in [6.45, 7) is 5.37. The molecule has 0 aliphatic heterocycles. The van der Waals surface area contributed by atoms with Crippen molar-refractivity contribution < 1.29 is 4.74 Å². The second-order valence-corrected chi connectivity index (χ2v) is 4.21. The van der Waals surface area contributed by atoms with Gasteiger partial charge in [0.2, 0.25) is 0 Å². The standard InChI is InChI=1S/C14H20N2O/c1-11-9-13(5-7-16)10-12(2)14(11)17-8-4-3-6-15/h9-10H,3-5,7-8,16H2,1-2H3. The Morgan fingerprint density at radius 1 is 1.29 bits per heavy atom. The summed E-state index contributed by atoms with van der Waals surface area (Å²) >= 11 is 0. The number of nitrogens with two attached hydrogens (primary N) is 1. The van der Waals surface area contributed by atoms with Gasteiger partial charge in [0.15, 0.2) is 0 Å². The van der Waals surface area contributed by atoms with Crippen LogP contribution in [0.15, 0.2) is 12.1 Å². The van der Waals surface area contributed by atoms with Gasteiger partial charge in [0.1, 0.15) is 5.75 Å². The molecule has 0 heterocycles. The molecule has 0 bridgehead atoms. The maximum Gasteiger partial charge on any atom is 0.125 e. The maximum atomic E-state index is 8.45. The SMILES string of the molecule is Cc1cc(CCN)cc(C)c1OCCCC#N. The highest BCUT2D eigenvalue weighted by Gasteiger charge is 2.06. The van der Waals surface area contributed by atoms with Crippen molar-refractivity contribution in [3.63, 3.8) is 0 Å². The second kappa shape index (κ2) is 6.93. The number of ether oxygens (including phenoxy) is 1. The summed E-state index contributed by atoms with van der Waals surface area (Å²) < 4.78 is 5.72. The molecular weight excluding hydrogens is 212 g/mol. The van der Waals surface area contributed by atoms with Gasteiger partial charge in [0, 0.05) is 6.42 Å². The van der Waals surface area contributed by atoms with Crippen LogP contribution in [0.25, 0.3) is 0 Å². The van der Waals surface area contributed by atoms with Crippen LogP contribution >= 0.6 is 0 Å². The van der Waals surface area contributed by atoms with Crippen molar-refractivity contribution in [2.24, 2.45) is 5.73 Å². The van der Waals surface area contributed by atoms with E-state index in [4.69, 9.17) is 15.7 Å². The normalized spacial score (nSPS) is 10.0. The van der Waals surface area contributed by atoms with Gasteiger partial charge in [0.25, 0.3) is 0 Å².